The average molecular weight is 405 g/mol. The molecule has 0 bridgehead atoms. The Morgan fingerprint density at radius 2 is 1.76 bits per heavy atom. The molecule has 25 heavy (non-hydrogen) atoms. The van der Waals surface area contributed by atoms with E-state index >= 15 is 0 Å². The predicted molar refractivity (Wildman–Crippen MR) is 95.8 cm³/mol. The lowest BCUT2D eigenvalue weighted by Gasteiger charge is -2.09. The Hall–Kier alpha value is -1.67. The van der Waals surface area contributed by atoms with Gasteiger partial charge in [0, 0.05) is 13.1 Å². The van der Waals surface area contributed by atoms with Gasteiger partial charge < -0.3 is 5.32 Å². The van der Waals surface area contributed by atoms with Gasteiger partial charge in [-0.15, -0.1) is 0 Å². The molecular weight excluding hydrogens is 390 g/mol. The lowest BCUT2D eigenvalue weighted by Crippen LogP contribution is -2.34. The van der Waals surface area contributed by atoms with Gasteiger partial charge in [0.1, 0.15) is 5.82 Å². The van der Waals surface area contributed by atoms with Crippen LogP contribution in [-0.2, 0) is 16.6 Å². The molecule has 0 radical (unpaired) electrons. The second-order valence-electron chi connectivity index (χ2n) is 5.13. The van der Waals surface area contributed by atoms with E-state index in [0.29, 0.717) is 0 Å². The zero-order chi connectivity index (χ0) is 18.4. The predicted octanol–water partition coefficient (Wildman–Crippen LogP) is 2.98. The van der Waals surface area contributed by atoms with Gasteiger partial charge >= 0.3 is 0 Å². The molecular formula is C16H15Cl2FN2O3S. The number of amides is 1. The highest BCUT2D eigenvalue weighted by Gasteiger charge is 2.15. The van der Waals surface area contributed by atoms with Crippen LogP contribution >= 0.6 is 23.2 Å². The van der Waals surface area contributed by atoms with Gasteiger partial charge in [0.2, 0.25) is 10.0 Å². The highest BCUT2D eigenvalue weighted by molar-refractivity contribution is 7.89. The fraction of sp³-hybridized carbons (Fsp3) is 0.188. The lowest BCUT2D eigenvalue weighted by atomic mass is 10.2. The normalized spacial score (nSPS) is 11.3. The summed E-state index contributed by atoms with van der Waals surface area (Å²) < 4.78 is 39.7. The van der Waals surface area contributed by atoms with Crippen LogP contribution in [0.25, 0.3) is 0 Å². The van der Waals surface area contributed by atoms with E-state index in [1.54, 1.807) is 24.3 Å². The zero-order valence-corrected chi connectivity index (χ0v) is 15.3. The van der Waals surface area contributed by atoms with Crippen molar-refractivity contribution in [2.24, 2.45) is 0 Å². The van der Waals surface area contributed by atoms with Crippen LogP contribution in [0.2, 0.25) is 10.0 Å². The molecule has 134 valence electrons. The first-order chi connectivity index (χ1) is 11.8. The van der Waals surface area contributed by atoms with Crippen LogP contribution in [0.3, 0.4) is 0 Å². The summed E-state index contributed by atoms with van der Waals surface area (Å²) in [6.45, 7) is 0.00880. The molecule has 0 unspecified atom stereocenters. The van der Waals surface area contributed by atoms with Gasteiger partial charge in [0.25, 0.3) is 5.91 Å². The summed E-state index contributed by atoms with van der Waals surface area (Å²) >= 11 is 11.4. The molecule has 0 saturated carbocycles. The molecule has 2 N–H and O–H groups in total. The van der Waals surface area contributed by atoms with Gasteiger partial charge in [-0.25, -0.2) is 17.5 Å². The third-order valence-electron chi connectivity index (χ3n) is 3.25. The van der Waals surface area contributed by atoms with Gasteiger partial charge in [0.15, 0.2) is 0 Å². The minimum absolute atomic E-state index is 0.0195. The van der Waals surface area contributed by atoms with Crippen molar-refractivity contribution < 1.29 is 17.6 Å². The molecule has 0 aliphatic heterocycles. The number of sulfonamides is 1. The number of hydrogen-bond donors (Lipinski definition) is 2. The van der Waals surface area contributed by atoms with E-state index in [1.165, 1.54) is 0 Å². The van der Waals surface area contributed by atoms with E-state index < -0.39 is 21.7 Å². The van der Waals surface area contributed by atoms with E-state index in [0.717, 1.165) is 17.7 Å². The highest BCUT2D eigenvalue weighted by Crippen LogP contribution is 2.24. The quantitative estimate of drug-likeness (QED) is 0.696. The van der Waals surface area contributed by atoms with E-state index in [2.05, 4.69) is 10.0 Å². The lowest BCUT2D eigenvalue weighted by molar-refractivity contribution is 0.0956. The first-order valence-electron chi connectivity index (χ1n) is 7.22. The number of halogens is 3. The van der Waals surface area contributed by atoms with Crippen molar-refractivity contribution in [1.29, 1.82) is 0 Å². The highest BCUT2D eigenvalue weighted by atomic mass is 35.5. The second kappa shape index (κ2) is 8.62. The van der Waals surface area contributed by atoms with E-state index in [4.69, 9.17) is 23.2 Å². The van der Waals surface area contributed by atoms with Crippen LogP contribution in [0.1, 0.15) is 15.9 Å². The summed E-state index contributed by atoms with van der Waals surface area (Å²) in [6.07, 6.45) is 0. The number of carbonyl (C=O) groups excluding carboxylic acids is 1. The topological polar surface area (TPSA) is 75.3 Å². The molecule has 5 nitrogen and oxygen atoms in total. The van der Waals surface area contributed by atoms with Gasteiger partial charge in [-0.05, 0) is 17.7 Å². The first-order valence-corrected chi connectivity index (χ1v) is 9.63. The molecule has 0 fully saturated rings. The van der Waals surface area contributed by atoms with E-state index in [9.17, 15) is 17.6 Å². The van der Waals surface area contributed by atoms with Gasteiger partial charge in [-0.1, -0.05) is 53.5 Å². The summed E-state index contributed by atoms with van der Waals surface area (Å²) in [6, 6.07) is 11.0. The van der Waals surface area contributed by atoms with Gasteiger partial charge in [-0.2, -0.15) is 0 Å². The summed E-state index contributed by atoms with van der Waals surface area (Å²) in [4.78, 5) is 12.0. The van der Waals surface area contributed by atoms with Crippen LogP contribution in [-0.4, -0.2) is 26.6 Å². The molecule has 0 heterocycles. The van der Waals surface area contributed by atoms with Gasteiger partial charge in [0.05, 0.1) is 21.4 Å². The fourth-order valence-electron chi connectivity index (χ4n) is 1.95. The van der Waals surface area contributed by atoms with Crippen LogP contribution in [0.4, 0.5) is 4.39 Å². The maximum atomic E-state index is 13.4. The maximum absolute atomic E-state index is 13.4. The summed E-state index contributed by atoms with van der Waals surface area (Å²) in [5.41, 5.74) is 0.705. The molecule has 1 amide bonds. The Morgan fingerprint density at radius 3 is 2.44 bits per heavy atom. The zero-order valence-electron chi connectivity index (χ0n) is 12.9. The molecule has 0 aromatic heterocycles. The fourth-order valence-corrected chi connectivity index (χ4v) is 3.32. The Labute approximate surface area is 155 Å². The number of benzene rings is 2. The average Bonchev–Trinajstić information content (AvgIpc) is 2.57. The molecule has 0 atom stereocenters. The van der Waals surface area contributed by atoms with E-state index in [1.807, 2.05) is 6.07 Å². The molecule has 0 spiro atoms. The first kappa shape index (κ1) is 19.7. The molecule has 9 heteroatoms. The minimum Gasteiger partial charge on any atom is -0.351 e. The Bertz CT molecular complexity index is 861. The Balaban J connectivity index is 1.87. The van der Waals surface area contributed by atoms with Crippen molar-refractivity contribution in [3.8, 4) is 0 Å². The third-order valence-corrected chi connectivity index (χ3v) is 5.18. The molecule has 2 aromatic carbocycles. The van der Waals surface area contributed by atoms with Gasteiger partial charge in [-0.3, -0.25) is 4.79 Å². The number of rotatable bonds is 7. The summed E-state index contributed by atoms with van der Waals surface area (Å²) in [5.74, 6) is -1.79. The number of hydrogen-bond acceptors (Lipinski definition) is 3. The summed E-state index contributed by atoms with van der Waals surface area (Å²) in [5, 5.41) is 2.17. The smallest absolute Gasteiger partial charge is 0.252 e. The standard InChI is InChI=1S/C16H15Cl2FN2O3S/c17-13-9-14(18)15(19)8-12(13)16(22)20-6-7-25(23,24)21-10-11-4-2-1-3-5-11/h1-5,8-9,21H,6-7,10H2,(H,20,22). The largest absolute Gasteiger partial charge is 0.351 e. The number of nitrogens with one attached hydrogen (secondary N) is 2. The number of carbonyl (C=O) groups is 1. The van der Waals surface area contributed by atoms with Crippen molar-refractivity contribution in [3.05, 3.63) is 69.5 Å². The Morgan fingerprint density at radius 1 is 1.08 bits per heavy atom. The minimum atomic E-state index is -3.58. The van der Waals surface area contributed by atoms with Crippen LogP contribution in [0.5, 0.6) is 0 Å². The van der Waals surface area contributed by atoms with E-state index in [-0.39, 0.29) is 34.5 Å². The van der Waals surface area contributed by atoms with Crippen molar-refractivity contribution in [1.82, 2.24) is 10.0 Å². The molecule has 2 aromatic rings. The van der Waals surface area contributed by atoms with Crippen molar-refractivity contribution in [2.75, 3.05) is 12.3 Å². The monoisotopic (exact) mass is 404 g/mol. The van der Waals surface area contributed by atoms with Crippen molar-refractivity contribution in [3.63, 3.8) is 0 Å². The summed E-state index contributed by atoms with van der Waals surface area (Å²) in [7, 11) is -3.58. The third kappa shape index (κ3) is 5.97. The van der Waals surface area contributed by atoms with Crippen LogP contribution in [0, 0.1) is 5.82 Å². The van der Waals surface area contributed by atoms with Crippen molar-refractivity contribution in [2.45, 2.75) is 6.54 Å². The maximum Gasteiger partial charge on any atom is 0.252 e. The van der Waals surface area contributed by atoms with Crippen LogP contribution in [0.15, 0.2) is 42.5 Å². The molecule has 0 aliphatic carbocycles. The molecule has 0 aliphatic rings. The SMILES string of the molecule is O=C(NCCS(=O)(=O)NCc1ccccc1)c1cc(F)c(Cl)cc1Cl. The molecule has 2 rings (SSSR count). The van der Waals surface area contributed by atoms with Crippen LogP contribution < -0.4 is 10.0 Å². The Kier molecular flexibility index (Phi) is 6.78. The van der Waals surface area contributed by atoms with Crippen molar-refractivity contribution >= 4 is 39.1 Å². The molecule has 0 saturated heterocycles. The second-order valence-corrected chi connectivity index (χ2v) is 7.87.